The van der Waals surface area contributed by atoms with Crippen molar-refractivity contribution in [1.29, 1.82) is 0 Å². The number of ether oxygens (including phenoxy) is 1. The number of rotatable bonds is 6. The smallest absolute Gasteiger partial charge is 0.243 e. The third kappa shape index (κ3) is 4.45. The Morgan fingerprint density at radius 1 is 1.37 bits per heavy atom. The molecule has 0 fully saturated rings. The van der Waals surface area contributed by atoms with Gasteiger partial charge in [-0.15, -0.1) is 0 Å². The largest absolute Gasteiger partial charge is 0.399 e. The first kappa shape index (κ1) is 15.9. The molecule has 0 heterocycles. The van der Waals surface area contributed by atoms with Gasteiger partial charge in [-0.2, -0.15) is 4.31 Å². The molecule has 108 valence electrons. The maximum atomic E-state index is 13.2. The van der Waals surface area contributed by atoms with Crippen molar-refractivity contribution >= 4 is 15.7 Å². The molecule has 1 rings (SSSR count). The van der Waals surface area contributed by atoms with Crippen LogP contribution in [-0.2, 0) is 14.8 Å². The number of anilines is 1. The van der Waals surface area contributed by atoms with E-state index in [1.54, 1.807) is 0 Å². The maximum Gasteiger partial charge on any atom is 0.243 e. The van der Waals surface area contributed by atoms with E-state index in [1.807, 2.05) is 13.8 Å². The average molecular weight is 290 g/mol. The molecular formula is C12H19FN2O3S. The van der Waals surface area contributed by atoms with E-state index >= 15 is 0 Å². The first-order chi connectivity index (χ1) is 8.73. The molecule has 0 saturated heterocycles. The van der Waals surface area contributed by atoms with Crippen molar-refractivity contribution in [2.45, 2.75) is 24.8 Å². The van der Waals surface area contributed by atoms with Gasteiger partial charge in [-0.25, -0.2) is 12.8 Å². The molecule has 0 aliphatic heterocycles. The van der Waals surface area contributed by atoms with Gasteiger partial charge in [0.05, 0.1) is 17.6 Å². The molecule has 0 amide bonds. The number of nitrogens with two attached hydrogens (primary N) is 1. The van der Waals surface area contributed by atoms with Crippen molar-refractivity contribution in [3.8, 4) is 0 Å². The van der Waals surface area contributed by atoms with E-state index in [4.69, 9.17) is 10.5 Å². The molecule has 0 aliphatic rings. The molecule has 0 bridgehead atoms. The summed E-state index contributed by atoms with van der Waals surface area (Å²) in [4.78, 5) is -0.156. The van der Waals surface area contributed by atoms with Crippen LogP contribution in [0, 0.1) is 5.82 Å². The molecule has 0 saturated carbocycles. The lowest BCUT2D eigenvalue weighted by atomic mass is 10.3. The minimum atomic E-state index is -3.75. The maximum absolute atomic E-state index is 13.2. The molecule has 2 N–H and O–H groups in total. The van der Waals surface area contributed by atoms with Crippen LogP contribution in [0.1, 0.15) is 13.8 Å². The molecule has 7 heteroatoms. The number of benzene rings is 1. The minimum absolute atomic E-state index is 0.0286. The van der Waals surface area contributed by atoms with Crippen LogP contribution in [0.4, 0.5) is 10.1 Å². The van der Waals surface area contributed by atoms with Gasteiger partial charge in [-0.3, -0.25) is 0 Å². The van der Waals surface area contributed by atoms with Crippen LogP contribution in [0.15, 0.2) is 23.1 Å². The number of hydrogen-bond acceptors (Lipinski definition) is 4. The number of likely N-dealkylation sites (N-methyl/N-ethyl adjacent to an activating group) is 1. The summed E-state index contributed by atoms with van der Waals surface area (Å²) in [6, 6.07) is 3.25. The lowest BCUT2D eigenvalue weighted by Gasteiger charge is -2.18. The Morgan fingerprint density at radius 3 is 2.53 bits per heavy atom. The fourth-order valence-corrected chi connectivity index (χ4v) is 2.67. The Labute approximate surface area is 113 Å². The van der Waals surface area contributed by atoms with Gasteiger partial charge in [-0.05, 0) is 32.0 Å². The molecule has 0 spiro atoms. The highest BCUT2D eigenvalue weighted by atomic mass is 32.2. The minimum Gasteiger partial charge on any atom is -0.399 e. The Morgan fingerprint density at radius 2 is 2.00 bits per heavy atom. The van der Waals surface area contributed by atoms with Crippen LogP contribution < -0.4 is 5.73 Å². The molecule has 1 aromatic rings. The molecule has 5 nitrogen and oxygen atoms in total. The molecule has 0 atom stereocenters. The highest BCUT2D eigenvalue weighted by Gasteiger charge is 2.21. The summed E-state index contributed by atoms with van der Waals surface area (Å²) in [6.45, 7) is 4.19. The Hall–Kier alpha value is -1.18. The lowest BCUT2D eigenvalue weighted by Crippen LogP contribution is -2.31. The van der Waals surface area contributed by atoms with E-state index in [0.29, 0.717) is 0 Å². The predicted molar refractivity (Wildman–Crippen MR) is 71.7 cm³/mol. The summed E-state index contributed by atoms with van der Waals surface area (Å²) in [5, 5.41) is 0. The summed E-state index contributed by atoms with van der Waals surface area (Å²) in [5.74, 6) is -0.676. The number of nitrogens with zero attached hydrogens (tertiary/aromatic N) is 1. The predicted octanol–water partition coefficient (Wildman–Crippen LogP) is 1.45. The van der Waals surface area contributed by atoms with E-state index in [9.17, 15) is 12.8 Å². The van der Waals surface area contributed by atoms with Gasteiger partial charge in [0.1, 0.15) is 5.82 Å². The summed E-state index contributed by atoms with van der Waals surface area (Å²) in [7, 11) is -2.33. The summed E-state index contributed by atoms with van der Waals surface area (Å²) < 4.78 is 43.9. The van der Waals surface area contributed by atoms with Crippen LogP contribution in [0.5, 0.6) is 0 Å². The van der Waals surface area contributed by atoms with Crippen LogP contribution in [0.3, 0.4) is 0 Å². The van der Waals surface area contributed by atoms with E-state index in [-0.39, 0.29) is 29.8 Å². The van der Waals surface area contributed by atoms with Crippen molar-refractivity contribution in [3.05, 3.63) is 24.0 Å². The van der Waals surface area contributed by atoms with Gasteiger partial charge in [-0.1, -0.05) is 0 Å². The van der Waals surface area contributed by atoms with Crippen LogP contribution in [0.2, 0.25) is 0 Å². The molecular weight excluding hydrogens is 271 g/mol. The van der Waals surface area contributed by atoms with E-state index in [1.165, 1.54) is 13.1 Å². The monoisotopic (exact) mass is 290 g/mol. The highest BCUT2D eigenvalue weighted by molar-refractivity contribution is 7.89. The van der Waals surface area contributed by atoms with Crippen molar-refractivity contribution < 1.29 is 17.5 Å². The van der Waals surface area contributed by atoms with Crippen LogP contribution >= 0.6 is 0 Å². The number of hydrogen-bond donors (Lipinski definition) is 1. The Balaban J connectivity index is 2.84. The van der Waals surface area contributed by atoms with E-state index in [2.05, 4.69) is 0 Å². The summed E-state index contributed by atoms with van der Waals surface area (Å²) in [5.41, 5.74) is 5.52. The zero-order valence-corrected chi connectivity index (χ0v) is 12.1. The fraction of sp³-hybridized carbons (Fsp3) is 0.500. The third-order valence-corrected chi connectivity index (χ3v) is 4.29. The van der Waals surface area contributed by atoms with Crippen molar-refractivity contribution in [2.75, 3.05) is 25.9 Å². The summed E-state index contributed by atoms with van der Waals surface area (Å²) in [6.07, 6.45) is 0.0286. The highest BCUT2D eigenvalue weighted by Crippen LogP contribution is 2.19. The van der Waals surface area contributed by atoms with Crippen molar-refractivity contribution in [1.82, 2.24) is 4.31 Å². The SMILES string of the molecule is CC(C)OCCN(C)S(=O)(=O)c1cc(N)cc(F)c1. The number of halogens is 1. The molecule has 0 radical (unpaired) electrons. The van der Waals surface area contributed by atoms with Gasteiger partial charge in [0.15, 0.2) is 0 Å². The zero-order valence-electron chi connectivity index (χ0n) is 11.3. The molecule has 1 aromatic carbocycles. The van der Waals surface area contributed by atoms with E-state index in [0.717, 1.165) is 16.4 Å². The van der Waals surface area contributed by atoms with Crippen molar-refractivity contribution in [3.63, 3.8) is 0 Å². The van der Waals surface area contributed by atoms with Gasteiger partial charge in [0.25, 0.3) is 0 Å². The van der Waals surface area contributed by atoms with Gasteiger partial charge in [0.2, 0.25) is 10.0 Å². The summed E-state index contributed by atoms with van der Waals surface area (Å²) >= 11 is 0. The van der Waals surface area contributed by atoms with Gasteiger partial charge in [0, 0.05) is 19.3 Å². The van der Waals surface area contributed by atoms with Gasteiger partial charge >= 0.3 is 0 Å². The molecule has 0 aliphatic carbocycles. The van der Waals surface area contributed by atoms with Crippen LogP contribution in [0.25, 0.3) is 0 Å². The second-order valence-electron chi connectivity index (χ2n) is 4.47. The normalized spacial score (nSPS) is 12.3. The van der Waals surface area contributed by atoms with Gasteiger partial charge < -0.3 is 10.5 Å². The first-order valence-corrected chi connectivity index (χ1v) is 7.31. The number of nitrogen functional groups attached to an aromatic ring is 1. The second kappa shape index (κ2) is 6.31. The molecule has 0 aromatic heterocycles. The molecule has 19 heavy (non-hydrogen) atoms. The Kier molecular flexibility index (Phi) is 5.28. The second-order valence-corrected chi connectivity index (χ2v) is 6.51. The third-order valence-electron chi connectivity index (χ3n) is 2.46. The fourth-order valence-electron chi connectivity index (χ4n) is 1.45. The number of sulfonamides is 1. The first-order valence-electron chi connectivity index (χ1n) is 5.87. The molecule has 0 unspecified atom stereocenters. The zero-order chi connectivity index (χ0) is 14.6. The van der Waals surface area contributed by atoms with Crippen LogP contribution in [-0.4, -0.2) is 39.0 Å². The standard InChI is InChI=1S/C12H19FN2O3S/c1-9(2)18-5-4-15(3)19(16,17)12-7-10(13)6-11(14)8-12/h6-9H,4-5,14H2,1-3H3. The average Bonchev–Trinajstić information content (AvgIpc) is 2.26. The van der Waals surface area contributed by atoms with E-state index < -0.39 is 15.8 Å². The quantitative estimate of drug-likeness (QED) is 0.805. The topological polar surface area (TPSA) is 72.6 Å². The lowest BCUT2D eigenvalue weighted by molar-refractivity contribution is 0.0737. The Bertz CT molecular complexity index is 512. The van der Waals surface area contributed by atoms with Crippen molar-refractivity contribution in [2.24, 2.45) is 0 Å².